The van der Waals surface area contributed by atoms with Crippen molar-refractivity contribution < 1.29 is 22.4 Å². The van der Waals surface area contributed by atoms with Crippen LogP contribution in [0.2, 0.25) is 0 Å². The summed E-state index contributed by atoms with van der Waals surface area (Å²) in [6.07, 6.45) is 4.29. The van der Waals surface area contributed by atoms with Gasteiger partial charge in [-0.2, -0.15) is 0 Å². The van der Waals surface area contributed by atoms with Crippen LogP contribution < -0.4 is 15.4 Å². The number of amides is 2. The maximum atomic E-state index is 12.3. The molecule has 150 valence electrons. The van der Waals surface area contributed by atoms with E-state index in [9.17, 15) is 18.0 Å². The predicted molar refractivity (Wildman–Crippen MR) is 104 cm³/mol. The van der Waals surface area contributed by atoms with Gasteiger partial charge in [0.25, 0.3) is 0 Å². The van der Waals surface area contributed by atoms with E-state index in [1.165, 1.54) is 30.5 Å². The van der Waals surface area contributed by atoms with Crippen LogP contribution in [0.4, 0.5) is 0 Å². The lowest BCUT2D eigenvalue weighted by molar-refractivity contribution is -0.126. The van der Waals surface area contributed by atoms with Crippen LogP contribution in [-0.4, -0.2) is 32.8 Å². The number of rotatable bonds is 9. The van der Waals surface area contributed by atoms with Gasteiger partial charge in [0.05, 0.1) is 17.7 Å². The van der Waals surface area contributed by atoms with Crippen LogP contribution in [0.25, 0.3) is 6.08 Å². The lowest BCUT2D eigenvalue weighted by atomic mass is 10.2. The predicted octanol–water partition coefficient (Wildman–Crippen LogP) is 1.41. The van der Waals surface area contributed by atoms with Gasteiger partial charge in [0.15, 0.2) is 0 Å². The maximum Gasteiger partial charge on any atom is 0.244 e. The fraction of sp³-hybridized carbons (Fsp3) is 0.263. The fourth-order valence-corrected chi connectivity index (χ4v) is 3.24. The van der Waals surface area contributed by atoms with Gasteiger partial charge in [0, 0.05) is 12.6 Å². The molecule has 0 spiro atoms. The Hall–Kier alpha value is -2.91. The van der Waals surface area contributed by atoms with Gasteiger partial charge < -0.3 is 15.1 Å². The number of carbonyl (C=O) groups is 2. The molecule has 28 heavy (non-hydrogen) atoms. The Morgan fingerprint density at radius 1 is 1.18 bits per heavy atom. The van der Waals surface area contributed by atoms with Gasteiger partial charge in [-0.15, -0.1) is 0 Å². The number of sulfonamides is 1. The first-order valence-electron chi connectivity index (χ1n) is 8.70. The Balaban J connectivity index is 1.93. The van der Waals surface area contributed by atoms with Crippen LogP contribution in [-0.2, 0) is 26.2 Å². The van der Waals surface area contributed by atoms with E-state index in [-0.39, 0.29) is 17.3 Å². The minimum Gasteiger partial charge on any atom is -0.468 e. The lowest BCUT2D eigenvalue weighted by Crippen LogP contribution is -2.44. The normalized spacial score (nSPS) is 12.6. The zero-order chi connectivity index (χ0) is 20.6. The molecule has 0 saturated heterocycles. The highest BCUT2D eigenvalue weighted by molar-refractivity contribution is 7.89. The van der Waals surface area contributed by atoms with Crippen LogP contribution in [0.15, 0.2) is 58.1 Å². The van der Waals surface area contributed by atoms with Crippen LogP contribution in [0.3, 0.4) is 0 Å². The highest BCUT2D eigenvalue weighted by Gasteiger charge is 2.14. The fourth-order valence-electron chi connectivity index (χ4n) is 2.25. The first-order chi connectivity index (χ1) is 13.3. The molecule has 2 rings (SSSR count). The van der Waals surface area contributed by atoms with E-state index in [0.29, 0.717) is 17.9 Å². The summed E-state index contributed by atoms with van der Waals surface area (Å²) in [7, 11) is -3.67. The van der Waals surface area contributed by atoms with Crippen molar-refractivity contribution in [3.63, 3.8) is 0 Å². The highest BCUT2D eigenvalue weighted by Crippen LogP contribution is 2.12. The van der Waals surface area contributed by atoms with E-state index in [0.717, 1.165) is 0 Å². The molecule has 0 saturated carbocycles. The topological polar surface area (TPSA) is 118 Å². The molecular formula is C19H23N3O5S. The standard InChI is InChI=1S/C19H23N3O5S/c1-3-20-19(24)14(2)22-18(23)11-8-15-6-9-17(10-7-15)28(25,26)21-13-16-5-4-12-27-16/h4-12,14,21H,3,13H2,1-2H3,(H,20,24)(H,22,23)/b11-8+/t14-/m1/s1. The van der Waals surface area contributed by atoms with Crippen LogP contribution in [0, 0.1) is 0 Å². The van der Waals surface area contributed by atoms with E-state index >= 15 is 0 Å². The molecular weight excluding hydrogens is 382 g/mol. The van der Waals surface area contributed by atoms with Crippen LogP contribution >= 0.6 is 0 Å². The first kappa shape index (κ1) is 21.4. The number of carbonyl (C=O) groups excluding carboxylic acids is 2. The third-order valence-electron chi connectivity index (χ3n) is 3.74. The minimum absolute atomic E-state index is 0.0565. The molecule has 2 aromatic rings. The van der Waals surface area contributed by atoms with Crippen LogP contribution in [0.5, 0.6) is 0 Å². The molecule has 0 aliphatic heterocycles. The summed E-state index contributed by atoms with van der Waals surface area (Å²) >= 11 is 0. The van der Waals surface area contributed by atoms with Gasteiger partial charge in [-0.25, -0.2) is 13.1 Å². The van der Waals surface area contributed by atoms with Crippen LogP contribution in [0.1, 0.15) is 25.2 Å². The van der Waals surface area contributed by atoms with Gasteiger partial charge >= 0.3 is 0 Å². The Kier molecular flexibility index (Phi) is 7.53. The van der Waals surface area contributed by atoms with Crippen molar-refractivity contribution in [1.29, 1.82) is 0 Å². The van der Waals surface area contributed by atoms with E-state index < -0.39 is 22.0 Å². The molecule has 1 atom stereocenters. The summed E-state index contributed by atoms with van der Waals surface area (Å²) < 4.78 is 32.1. The second-order valence-corrected chi connectivity index (χ2v) is 7.70. The Morgan fingerprint density at radius 2 is 1.89 bits per heavy atom. The molecule has 3 N–H and O–H groups in total. The molecule has 1 aromatic heterocycles. The largest absolute Gasteiger partial charge is 0.468 e. The molecule has 9 heteroatoms. The van der Waals surface area contributed by atoms with Crippen molar-refractivity contribution in [3.05, 3.63) is 60.1 Å². The summed E-state index contributed by atoms with van der Waals surface area (Å²) in [6.45, 7) is 3.93. The van der Waals surface area contributed by atoms with Crippen molar-refractivity contribution in [2.45, 2.75) is 31.3 Å². The van der Waals surface area contributed by atoms with Crippen molar-refractivity contribution in [3.8, 4) is 0 Å². The zero-order valence-corrected chi connectivity index (χ0v) is 16.5. The van der Waals surface area contributed by atoms with Crippen molar-refractivity contribution >= 4 is 27.9 Å². The SMILES string of the molecule is CCNC(=O)[C@@H](C)NC(=O)/C=C/c1ccc(S(=O)(=O)NCc2ccco2)cc1. The average molecular weight is 405 g/mol. The molecule has 1 aromatic carbocycles. The van der Waals surface area contributed by atoms with E-state index in [4.69, 9.17) is 4.42 Å². The number of nitrogens with one attached hydrogen (secondary N) is 3. The molecule has 0 aliphatic rings. The van der Waals surface area contributed by atoms with Gasteiger partial charge in [0.2, 0.25) is 21.8 Å². The number of hydrogen-bond acceptors (Lipinski definition) is 5. The first-order valence-corrected chi connectivity index (χ1v) is 10.2. The quantitative estimate of drug-likeness (QED) is 0.545. The van der Waals surface area contributed by atoms with Crippen molar-refractivity contribution in [2.75, 3.05) is 6.54 Å². The molecule has 1 heterocycles. The monoisotopic (exact) mass is 405 g/mol. The number of benzene rings is 1. The third kappa shape index (κ3) is 6.36. The molecule has 8 nitrogen and oxygen atoms in total. The maximum absolute atomic E-state index is 12.3. The molecule has 0 fully saturated rings. The van der Waals surface area contributed by atoms with Gasteiger partial charge in [-0.05, 0) is 49.8 Å². The van der Waals surface area contributed by atoms with Gasteiger partial charge in [0.1, 0.15) is 11.8 Å². The summed E-state index contributed by atoms with van der Waals surface area (Å²) in [5, 5.41) is 5.17. The number of hydrogen-bond donors (Lipinski definition) is 3. The molecule has 0 radical (unpaired) electrons. The smallest absolute Gasteiger partial charge is 0.244 e. The van der Waals surface area contributed by atoms with E-state index in [2.05, 4.69) is 15.4 Å². The highest BCUT2D eigenvalue weighted by atomic mass is 32.2. The Morgan fingerprint density at radius 3 is 2.50 bits per heavy atom. The summed E-state index contributed by atoms with van der Waals surface area (Å²) in [5.41, 5.74) is 0.644. The third-order valence-corrected chi connectivity index (χ3v) is 5.15. The zero-order valence-electron chi connectivity index (χ0n) is 15.6. The second kappa shape index (κ2) is 9.86. The second-order valence-electron chi connectivity index (χ2n) is 5.93. The van der Waals surface area contributed by atoms with Gasteiger partial charge in [-0.3, -0.25) is 9.59 Å². The number of furan rings is 1. The van der Waals surface area contributed by atoms with E-state index in [1.54, 1.807) is 38.1 Å². The molecule has 0 unspecified atom stereocenters. The van der Waals surface area contributed by atoms with Gasteiger partial charge in [-0.1, -0.05) is 12.1 Å². The Labute approximate surface area is 164 Å². The van der Waals surface area contributed by atoms with Crippen molar-refractivity contribution in [2.24, 2.45) is 0 Å². The molecule has 2 amide bonds. The average Bonchev–Trinajstić information content (AvgIpc) is 3.19. The van der Waals surface area contributed by atoms with E-state index in [1.807, 2.05) is 0 Å². The number of likely N-dealkylation sites (N-methyl/N-ethyl adjacent to an activating group) is 1. The molecule has 0 aliphatic carbocycles. The summed E-state index contributed by atoms with van der Waals surface area (Å²) in [4.78, 5) is 23.6. The summed E-state index contributed by atoms with van der Waals surface area (Å²) in [5.74, 6) is -0.174. The lowest BCUT2D eigenvalue weighted by Gasteiger charge is -2.11. The minimum atomic E-state index is -3.67. The molecule has 0 bridgehead atoms. The summed E-state index contributed by atoms with van der Waals surface area (Å²) in [6, 6.07) is 8.76. The Bertz CT molecular complexity index is 919. The van der Waals surface area contributed by atoms with Crippen molar-refractivity contribution in [1.82, 2.24) is 15.4 Å².